The van der Waals surface area contributed by atoms with Crippen LogP contribution < -0.4 is 5.73 Å². The van der Waals surface area contributed by atoms with E-state index < -0.39 is 26.8 Å². The van der Waals surface area contributed by atoms with Gasteiger partial charge in [-0.05, 0) is 34.8 Å². The lowest BCUT2D eigenvalue weighted by Crippen LogP contribution is -2.38. The molecule has 0 spiro atoms. The standard InChI is InChI=1S/C11H13BrClFN2O3S/c12-9-7(13)4-8(10(14)11(9)15)20(18,19)16-3-1-2-6(16)5-17/h4,6,17H,1-3,5,15H2. The van der Waals surface area contributed by atoms with Crippen LogP contribution in [-0.4, -0.2) is 37.0 Å². The highest BCUT2D eigenvalue weighted by Gasteiger charge is 2.37. The van der Waals surface area contributed by atoms with Crippen molar-refractivity contribution in [3.05, 3.63) is 21.4 Å². The molecular formula is C11H13BrClFN2O3S. The Morgan fingerprint density at radius 3 is 2.85 bits per heavy atom. The molecule has 0 bridgehead atoms. The fraction of sp³-hybridized carbons (Fsp3) is 0.455. The second-order valence-corrected chi connectivity index (χ2v) is 7.55. The molecule has 1 heterocycles. The van der Waals surface area contributed by atoms with Crippen molar-refractivity contribution < 1.29 is 17.9 Å². The molecule has 20 heavy (non-hydrogen) atoms. The van der Waals surface area contributed by atoms with Crippen molar-refractivity contribution in [3.63, 3.8) is 0 Å². The van der Waals surface area contributed by atoms with Crippen molar-refractivity contribution in [2.75, 3.05) is 18.9 Å². The van der Waals surface area contributed by atoms with Crippen LogP contribution in [-0.2, 0) is 10.0 Å². The molecule has 1 saturated heterocycles. The van der Waals surface area contributed by atoms with E-state index in [-0.39, 0.29) is 28.3 Å². The Balaban J connectivity index is 2.56. The smallest absolute Gasteiger partial charge is 0.246 e. The molecule has 112 valence electrons. The number of halogens is 3. The van der Waals surface area contributed by atoms with Gasteiger partial charge in [0.2, 0.25) is 10.0 Å². The lowest BCUT2D eigenvalue weighted by molar-refractivity contribution is 0.213. The van der Waals surface area contributed by atoms with E-state index in [1.165, 1.54) is 0 Å². The van der Waals surface area contributed by atoms with Gasteiger partial charge in [-0.25, -0.2) is 12.8 Å². The van der Waals surface area contributed by atoms with Gasteiger partial charge in [-0.15, -0.1) is 0 Å². The fourth-order valence-electron chi connectivity index (χ4n) is 2.22. The second-order valence-electron chi connectivity index (χ2n) is 4.49. The van der Waals surface area contributed by atoms with Crippen LogP contribution in [0, 0.1) is 5.82 Å². The third-order valence-corrected chi connectivity index (χ3v) is 6.61. The molecule has 1 unspecified atom stereocenters. The first-order chi connectivity index (χ1) is 9.30. The normalized spacial score (nSPS) is 20.5. The summed E-state index contributed by atoms with van der Waals surface area (Å²) in [5.41, 5.74) is 5.16. The molecule has 9 heteroatoms. The van der Waals surface area contributed by atoms with Crippen LogP contribution in [0.2, 0.25) is 5.02 Å². The minimum absolute atomic E-state index is 0.0159. The van der Waals surface area contributed by atoms with Crippen molar-refractivity contribution in [1.29, 1.82) is 0 Å². The summed E-state index contributed by atoms with van der Waals surface area (Å²) in [6.45, 7) is -0.0683. The van der Waals surface area contributed by atoms with Crippen molar-refractivity contribution in [3.8, 4) is 0 Å². The summed E-state index contributed by atoms with van der Waals surface area (Å²) >= 11 is 8.84. The molecule has 5 nitrogen and oxygen atoms in total. The number of hydrogen-bond acceptors (Lipinski definition) is 4. The van der Waals surface area contributed by atoms with Crippen molar-refractivity contribution in [2.24, 2.45) is 0 Å². The van der Waals surface area contributed by atoms with E-state index in [2.05, 4.69) is 15.9 Å². The van der Waals surface area contributed by atoms with E-state index in [9.17, 15) is 17.9 Å². The number of aliphatic hydroxyl groups excluding tert-OH is 1. The summed E-state index contributed by atoms with van der Waals surface area (Å²) < 4.78 is 40.3. The first-order valence-corrected chi connectivity index (χ1v) is 8.47. The number of benzene rings is 1. The Morgan fingerprint density at radius 2 is 2.25 bits per heavy atom. The largest absolute Gasteiger partial charge is 0.395 e. The van der Waals surface area contributed by atoms with Gasteiger partial charge in [0.1, 0.15) is 4.90 Å². The number of hydrogen-bond donors (Lipinski definition) is 2. The molecule has 1 aliphatic heterocycles. The molecule has 1 aromatic carbocycles. The Morgan fingerprint density at radius 1 is 1.60 bits per heavy atom. The highest BCUT2D eigenvalue weighted by molar-refractivity contribution is 9.10. The fourth-order valence-corrected chi connectivity index (χ4v) is 4.58. The summed E-state index contributed by atoms with van der Waals surface area (Å²) in [7, 11) is -4.08. The zero-order chi connectivity index (χ0) is 15.1. The predicted molar refractivity (Wildman–Crippen MR) is 77.5 cm³/mol. The SMILES string of the molecule is Nc1c(F)c(S(=O)(=O)N2CCCC2CO)cc(Cl)c1Br. The van der Waals surface area contributed by atoms with Crippen molar-refractivity contribution >= 4 is 43.2 Å². The van der Waals surface area contributed by atoms with E-state index >= 15 is 0 Å². The van der Waals surface area contributed by atoms with Crippen LogP contribution in [0.5, 0.6) is 0 Å². The predicted octanol–water partition coefficient (Wildman–Crippen LogP) is 1.97. The molecule has 1 aliphatic rings. The monoisotopic (exact) mass is 386 g/mol. The Bertz CT molecular complexity index is 641. The van der Waals surface area contributed by atoms with Gasteiger partial charge in [0.15, 0.2) is 5.82 Å². The van der Waals surface area contributed by atoms with Crippen molar-refractivity contribution in [2.45, 2.75) is 23.8 Å². The first-order valence-electron chi connectivity index (χ1n) is 5.86. The van der Waals surface area contributed by atoms with Crippen LogP contribution in [0.3, 0.4) is 0 Å². The number of nitrogens with two attached hydrogens (primary N) is 1. The molecule has 2 rings (SSSR count). The minimum Gasteiger partial charge on any atom is -0.395 e. The lowest BCUT2D eigenvalue weighted by atomic mass is 10.2. The number of nitrogens with zero attached hydrogens (tertiary/aromatic N) is 1. The highest BCUT2D eigenvalue weighted by Crippen LogP contribution is 2.37. The molecule has 0 amide bonds. The van der Waals surface area contributed by atoms with Crippen LogP contribution >= 0.6 is 27.5 Å². The average Bonchev–Trinajstić information content (AvgIpc) is 2.89. The van der Waals surface area contributed by atoms with Crippen LogP contribution in [0.25, 0.3) is 0 Å². The quantitative estimate of drug-likeness (QED) is 0.613. The van der Waals surface area contributed by atoms with E-state index in [1.807, 2.05) is 0 Å². The number of rotatable bonds is 3. The van der Waals surface area contributed by atoms with Crippen LogP contribution in [0.1, 0.15) is 12.8 Å². The summed E-state index contributed by atoms with van der Waals surface area (Å²) in [5.74, 6) is -1.04. The van der Waals surface area contributed by atoms with Gasteiger partial charge in [-0.3, -0.25) is 0 Å². The van der Waals surface area contributed by atoms with Gasteiger partial charge >= 0.3 is 0 Å². The maximum absolute atomic E-state index is 14.1. The van der Waals surface area contributed by atoms with Gasteiger partial charge in [0, 0.05) is 12.6 Å². The minimum atomic E-state index is -4.08. The molecular weight excluding hydrogens is 375 g/mol. The molecule has 0 aromatic heterocycles. The molecule has 3 N–H and O–H groups in total. The third kappa shape index (κ3) is 2.55. The van der Waals surface area contributed by atoms with E-state index in [0.29, 0.717) is 12.8 Å². The number of sulfonamides is 1. The van der Waals surface area contributed by atoms with Gasteiger partial charge < -0.3 is 10.8 Å². The van der Waals surface area contributed by atoms with Gasteiger partial charge in [0.05, 0.1) is 21.8 Å². The average molecular weight is 388 g/mol. The molecule has 0 aliphatic carbocycles. The summed E-state index contributed by atoms with van der Waals surface area (Å²) in [6, 6.07) is 0.488. The summed E-state index contributed by atoms with van der Waals surface area (Å²) in [4.78, 5) is -0.566. The molecule has 0 saturated carbocycles. The number of nitrogen functional groups attached to an aromatic ring is 1. The Hall–Kier alpha value is -0.410. The first kappa shape index (κ1) is 16.0. The Kier molecular flexibility index (Phi) is 4.60. The van der Waals surface area contributed by atoms with Gasteiger partial charge in [-0.2, -0.15) is 4.31 Å². The van der Waals surface area contributed by atoms with E-state index in [0.717, 1.165) is 10.4 Å². The number of anilines is 1. The highest BCUT2D eigenvalue weighted by atomic mass is 79.9. The summed E-state index contributed by atoms with van der Waals surface area (Å²) in [6.07, 6.45) is 1.16. The van der Waals surface area contributed by atoms with E-state index in [4.69, 9.17) is 17.3 Å². The molecule has 1 atom stereocenters. The molecule has 1 aromatic rings. The molecule has 1 fully saturated rings. The summed E-state index contributed by atoms with van der Waals surface area (Å²) in [5, 5.41) is 9.23. The zero-order valence-electron chi connectivity index (χ0n) is 10.3. The Labute approximate surface area is 129 Å². The van der Waals surface area contributed by atoms with Crippen LogP contribution in [0.15, 0.2) is 15.4 Å². The van der Waals surface area contributed by atoms with Crippen LogP contribution in [0.4, 0.5) is 10.1 Å². The molecule has 0 radical (unpaired) electrons. The maximum Gasteiger partial charge on any atom is 0.246 e. The van der Waals surface area contributed by atoms with E-state index in [1.54, 1.807) is 0 Å². The zero-order valence-corrected chi connectivity index (χ0v) is 13.5. The third-order valence-electron chi connectivity index (χ3n) is 3.28. The topological polar surface area (TPSA) is 83.6 Å². The second kappa shape index (κ2) is 5.76. The number of aliphatic hydroxyl groups is 1. The van der Waals surface area contributed by atoms with Gasteiger partial charge in [0.25, 0.3) is 0 Å². The maximum atomic E-state index is 14.1. The van der Waals surface area contributed by atoms with Gasteiger partial charge in [-0.1, -0.05) is 11.6 Å². The van der Waals surface area contributed by atoms with Crippen molar-refractivity contribution in [1.82, 2.24) is 4.31 Å². The lowest BCUT2D eigenvalue weighted by Gasteiger charge is -2.23.